The van der Waals surface area contributed by atoms with Gasteiger partial charge in [-0.3, -0.25) is 4.79 Å². The average Bonchev–Trinajstić information content (AvgIpc) is 3.05. The highest BCUT2D eigenvalue weighted by Gasteiger charge is 2.06. The van der Waals surface area contributed by atoms with Gasteiger partial charge in [-0.25, -0.2) is 5.43 Å². The van der Waals surface area contributed by atoms with Crippen molar-refractivity contribution in [2.24, 2.45) is 5.10 Å². The monoisotopic (exact) mass is 335 g/mol. The van der Waals surface area contributed by atoms with E-state index in [0.29, 0.717) is 19.4 Å². The van der Waals surface area contributed by atoms with Crippen molar-refractivity contribution in [1.82, 2.24) is 10.4 Å². The molecule has 1 heterocycles. The zero-order valence-electron chi connectivity index (χ0n) is 14.2. The molecule has 0 spiro atoms. The summed E-state index contributed by atoms with van der Waals surface area (Å²) in [4.78, 5) is 15.2. The number of para-hydroxylation sites is 2. The molecular formula is C20H21N3O2. The Morgan fingerprint density at radius 2 is 2.00 bits per heavy atom. The second kappa shape index (κ2) is 8.15. The summed E-state index contributed by atoms with van der Waals surface area (Å²) < 4.78 is 5.52. The van der Waals surface area contributed by atoms with Crippen LogP contribution >= 0.6 is 0 Å². The predicted molar refractivity (Wildman–Crippen MR) is 100.0 cm³/mol. The summed E-state index contributed by atoms with van der Waals surface area (Å²) in [5.74, 6) is 0.636. The molecule has 0 bridgehead atoms. The standard InChI is InChI=1S/C20H21N3O2/c1-2-25-19-10-6-3-7-16(19)14-22-23-20(24)12-11-15-13-21-18-9-5-4-8-17(15)18/h3-10,13-14,21H,2,11-12H2,1H3,(H,23,24)/b22-14+. The lowest BCUT2D eigenvalue weighted by molar-refractivity contribution is -0.121. The number of carbonyl (C=O) groups is 1. The van der Waals surface area contributed by atoms with Crippen LogP contribution in [0.5, 0.6) is 5.75 Å². The Morgan fingerprint density at radius 1 is 1.20 bits per heavy atom. The lowest BCUT2D eigenvalue weighted by Crippen LogP contribution is -2.17. The van der Waals surface area contributed by atoms with Crippen LogP contribution in [0.2, 0.25) is 0 Å². The number of carbonyl (C=O) groups excluding carboxylic acids is 1. The molecule has 128 valence electrons. The lowest BCUT2D eigenvalue weighted by atomic mass is 10.1. The zero-order valence-corrected chi connectivity index (χ0v) is 14.2. The van der Waals surface area contributed by atoms with Crippen LogP contribution in [0.1, 0.15) is 24.5 Å². The first-order valence-corrected chi connectivity index (χ1v) is 8.36. The summed E-state index contributed by atoms with van der Waals surface area (Å²) in [5.41, 5.74) is 5.63. The Kier molecular flexibility index (Phi) is 5.46. The Balaban J connectivity index is 1.55. The molecule has 2 N–H and O–H groups in total. The van der Waals surface area contributed by atoms with Gasteiger partial charge < -0.3 is 9.72 Å². The SMILES string of the molecule is CCOc1ccccc1/C=N/NC(=O)CCc1c[nH]c2ccccc12. The second-order valence-corrected chi connectivity index (χ2v) is 5.62. The molecule has 0 aliphatic heterocycles. The predicted octanol–water partition coefficient (Wildman–Crippen LogP) is 3.65. The molecule has 5 nitrogen and oxygen atoms in total. The summed E-state index contributed by atoms with van der Waals surface area (Å²) in [6.07, 6.45) is 4.61. The van der Waals surface area contributed by atoms with E-state index in [1.165, 1.54) is 0 Å². The topological polar surface area (TPSA) is 66.5 Å². The van der Waals surface area contributed by atoms with Crippen molar-refractivity contribution in [3.8, 4) is 5.75 Å². The number of ether oxygens (including phenoxy) is 1. The number of aromatic nitrogens is 1. The smallest absolute Gasteiger partial charge is 0.240 e. The molecule has 0 aliphatic carbocycles. The number of fused-ring (bicyclic) bond motifs is 1. The van der Waals surface area contributed by atoms with Crippen LogP contribution in [0.25, 0.3) is 10.9 Å². The first-order valence-electron chi connectivity index (χ1n) is 8.36. The summed E-state index contributed by atoms with van der Waals surface area (Å²) in [5, 5.41) is 5.19. The molecule has 2 aromatic carbocycles. The average molecular weight is 335 g/mol. The number of hydrogen-bond acceptors (Lipinski definition) is 3. The van der Waals surface area contributed by atoms with E-state index in [1.807, 2.05) is 55.6 Å². The van der Waals surface area contributed by atoms with Crippen LogP contribution in [0, 0.1) is 0 Å². The van der Waals surface area contributed by atoms with Crippen LogP contribution in [0.3, 0.4) is 0 Å². The third-order valence-corrected chi connectivity index (χ3v) is 3.91. The molecular weight excluding hydrogens is 314 g/mol. The van der Waals surface area contributed by atoms with E-state index in [-0.39, 0.29) is 5.91 Å². The van der Waals surface area contributed by atoms with Gasteiger partial charge in [0.2, 0.25) is 5.91 Å². The van der Waals surface area contributed by atoms with Gasteiger partial charge in [0.15, 0.2) is 0 Å². The number of hydrogen-bond donors (Lipinski definition) is 2. The number of nitrogens with one attached hydrogen (secondary N) is 2. The number of aromatic amines is 1. The molecule has 25 heavy (non-hydrogen) atoms. The van der Waals surface area contributed by atoms with Crippen molar-refractivity contribution < 1.29 is 9.53 Å². The fraction of sp³-hybridized carbons (Fsp3) is 0.200. The van der Waals surface area contributed by atoms with Gasteiger partial charge in [-0.2, -0.15) is 5.10 Å². The van der Waals surface area contributed by atoms with Gasteiger partial charge in [-0.05, 0) is 37.1 Å². The van der Waals surface area contributed by atoms with Gasteiger partial charge in [0.05, 0.1) is 12.8 Å². The van der Waals surface area contributed by atoms with Gasteiger partial charge in [0.1, 0.15) is 5.75 Å². The fourth-order valence-electron chi connectivity index (χ4n) is 2.69. The molecule has 0 unspecified atom stereocenters. The number of benzene rings is 2. The maximum atomic E-state index is 12.0. The van der Waals surface area contributed by atoms with Crippen molar-refractivity contribution in [3.05, 3.63) is 65.9 Å². The lowest BCUT2D eigenvalue weighted by Gasteiger charge is -2.05. The Hall–Kier alpha value is -3.08. The van der Waals surface area contributed by atoms with E-state index in [1.54, 1.807) is 6.21 Å². The number of aryl methyl sites for hydroxylation is 1. The van der Waals surface area contributed by atoms with Crippen molar-refractivity contribution in [3.63, 3.8) is 0 Å². The summed E-state index contributed by atoms with van der Waals surface area (Å²) in [6, 6.07) is 15.7. The third-order valence-electron chi connectivity index (χ3n) is 3.91. The number of nitrogens with zero attached hydrogens (tertiary/aromatic N) is 1. The number of hydrazone groups is 1. The van der Waals surface area contributed by atoms with E-state index < -0.39 is 0 Å². The largest absolute Gasteiger partial charge is 0.493 e. The van der Waals surface area contributed by atoms with Crippen LogP contribution in [-0.2, 0) is 11.2 Å². The molecule has 5 heteroatoms. The molecule has 1 amide bonds. The Labute approximate surface area is 146 Å². The van der Waals surface area contributed by atoms with Crippen LogP contribution in [-0.4, -0.2) is 23.7 Å². The number of H-pyrrole nitrogens is 1. The van der Waals surface area contributed by atoms with Crippen LogP contribution in [0.4, 0.5) is 0 Å². The Morgan fingerprint density at radius 3 is 2.88 bits per heavy atom. The van der Waals surface area contributed by atoms with E-state index in [4.69, 9.17) is 4.74 Å². The molecule has 3 rings (SSSR count). The van der Waals surface area contributed by atoms with Gasteiger partial charge in [-0.15, -0.1) is 0 Å². The third kappa shape index (κ3) is 4.26. The minimum absolute atomic E-state index is 0.115. The molecule has 0 saturated heterocycles. The Bertz CT molecular complexity index is 883. The minimum Gasteiger partial charge on any atom is -0.493 e. The van der Waals surface area contributed by atoms with Gasteiger partial charge in [0.25, 0.3) is 0 Å². The molecule has 0 saturated carbocycles. The highest BCUT2D eigenvalue weighted by atomic mass is 16.5. The van der Waals surface area contributed by atoms with E-state index in [0.717, 1.165) is 27.8 Å². The molecule has 3 aromatic rings. The van der Waals surface area contributed by atoms with Crippen molar-refractivity contribution >= 4 is 23.0 Å². The molecule has 1 aromatic heterocycles. The van der Waals surface area contributed by atoms with Crippen molar-refractivity contribution in [2.75, 3.05) is 6.61 Å². The highest BCUT2D eigenvalue weighted by Crippen LogP contribution is 2.19. The first kappa shape index (κ1) is 16.8. The van der Waals surface area contributed by atoms with Crippen LogP contribution < -0.4 is 10.2 Å². The zero-order chi connectivity index (χ0) is 17.5. The normalized spacial score (nSPS) is 11.1. The molecule has 0 fully saturated rings. The van der Waals surface area contributed by atoms with Gasteiger partial charge in [0, 0.05) is 29.1 Å². The summed E-state index contributed by atoms with van der Waals surface area (Å²) in [6.45, 7) is 2.52. The second-order valence-electron chi connectivity index (χ2n) is 5.62. The van der Waals surface area contributed by atoms with Gasteiger partial charge in [-0.1, -0.05) is 30.3 Å². The summed E-state index contributed by atoms with van der Waals surface area (Å²) in [7, 11) is 0. The molecule has 0 radical (unpaired) electrons. The number of amides is 1. The van der Waals surface area contributed by atoms with Crippen molar-refractivity contribution in [1.29, 1.82) is 0 Å². The highest BCUT2D eigenvalue weighted by molar-refractivity contribution is 5.86. The molecule has 0 aliphatic rings. The van der Waals surface area contributed by atoms with E-state index >= 15 is 0 Å². The summed E-state index contributed by atoms with van der Waals surface area (Å²) >= 11 is 0. The molecule has 0 atom stereocenters. The van der Waals surface area contributed by atoms with Gasteiger partial charge >= 0.3 is 0 Å². The maximum absolute atomic E-state index is 12.0. The quantitative estimate of drug-likeness (QED) is 0.511. The van der Waals surface area contributed by atoms with Crippen LogP contribution in [0.15, 0.2) is 59.8 Å². The minimum atomic E-state index is -0.115. The maximum Gasteiger partial charge on any atom is 0.240 e. The van der Waals surface area contributed by atoms with E-state index in [2.05, 4.69) is 21.6 Å². The van der Waals surface area contributed by atoms with E-state index in [9.17, 15) is 4.79 Å². The fourth-order valence-corrected chi connectivity index (χ4v) is 2.69. The number of rotatable bonds is 7. The van der Waals surface area contributed by atoms with Crippen molar-refractivity contribution in [2.45, 2.75) is 19.8 Å². The first-order chi connectivity index (χ1) is 12.3.